The molecule has 0 spiro atoms. The molecule has 0 heterocycles. The third-order valence-corrected chi connectivity index (χ3v) is 9.37. The Kier molecular flexibility index (Phi) is 7.93. The number of allylic oxidation sites excluding steroid dienone is 1. The zero-order valence-corrected chi connectivity index (χ0v) is 22.6. The highest BCUT2D eigenvalue weighted by atomic mass is 16.5. The quantitative estimate of drug-likeness (QED) is 0.435. The Labute approximate surface area is 210 Å². The van der Waals surface area contributed by atoms with E-state index in [0.29, 0.717) is 13.0 Å². The largest absolute Gasteiger partial charge is 0.462 e. The van der Waals surface area contributed by atoms with Gasteiger partial charge < -0.3 is 19.8 Å². The SMILES string of the molecule is C[C@H]1/C(=C/C(=O)N(C)CCO)CC[C@H]2[C@H]1C(=O)C[C@H]1C(C)(C)[C@@H](OC(=O)CC(C)(C)O)CC[C@]21C. The number of rotatable bonds is 6. The minimum Gasteiger partial charge on any atom is -0.462 e. The molecule has 3 aliphatic carbocycles. The van der Waals surface area contributed by atoms with Gasteiger partial charge in [-0.3, -0.25) is 14.4 Å². The van der Waals surface area contributed by atoms with Crippen molar-refractivity contribution in [1.29, 1.82) is 0 Å². The van der Waals surface area contributed by atoms with Crippen molar-refractivity contribution in [3.05, 3.63) is 11.6 Å². The average Bonchev–Trinajstić information content (AvgIpc) is 2.72. The number of likely N-dealkylation sites (N-methyl/N-ethyl adjacent to an activating group) is 1. The maximum absolute atomic E-state index is 13.6. The Balaban J connectivity index is 1.81. The molecule has 0 aromatic rings. The summed E-state index contributed by atoms with van der Waals surface area (Å²) < 4.78 is 5.89. The van der Waals surface area contributed by atoms with E-state index in [2.05, 4.69) is 27.7 Å². The topological polar surface area (TPSA) is 104 Å². The van der Waals surface area contributed by atoms with Gasteiger partial charge in [-0.25, -0.2) is 0 Å². The molecular weight excluding hydrogens is 446 g/mol. The van der Waals surface area contributed by atoms with Gasteiger partial charge >= 0.3 is 5.97 Å². The van der Waals surface area contributed by atoms with Crippen LogP contribution in [-0.2, 0) is 19.1 Å². The fourth-order valence-corrected chi connectivity index (χ4v) is 7.39. The molecule has 2 N–H and O–H groups in total. The van der Waals surface area contributed by atoms with Crippen molar-refractivity contribution >= 4 is 17.7 Å². The Morgan fingerprint density at radius 3 is 2.49 bits per heavy atom. The molecule has 3 saturated carbocycles. The van der Waals surface area contributed by atoms with Gasteiger partial charge in [-0.2, -0.15) is 0 Å². The number of hydrogen-bond donors (Lipinski definition) is 2. The molecule has 0 saturated heterocycles. The molecule has 0 aromatic carbocycles. The highest BCUT2D eigenvalue weighted by molar-refractivity contribution is 5.89. The number of nitrogens with zero attached hydrogens (tertiary/aromatic N) is 1. The number of carbonyl (C=O) groups excluding carboxylic acids is 3. The Hall–Kier alpha value is -1.73. The Bertz CT molecular complexity index is 871. The van der Waals surface area contributed by atoms with Crippen LogP contribution in [0, 0.1) is 34.5 Å². The van der Waals surface area contributed by atoms with E-state index in [4.69, 9.17) is 9.84 Å². The molecular formula is C28H45NO6. The summed E-state index contributed by atoms with van der Waals surface area (Å²) in [7, 11) is 1.68. The van der Waals surface area contributed by atoms with E-state index < -0.39 is 11.6 Å². The van der Waals surface area contributed by atoms with Crippen molar-refractivity contribution in [3.8, 4) is 0 Å². The second kappa shape index (κ2) is 9.97. The lowest BCUT2D eigenvalue weighted by atomic mass is 9.42. The van der Waals surface area contributed by atoms with Crippen LogP contribution < -0.4 is 0 Å². The van der Waals surface area contributed by atoms with Crippen molar-refractivity contribution in [3.63, 3.8) is 0 Å². The molecule has 3 fully saturated rings. The maximum atomic E-state index is 13.6. The van der Waals surface area contributed by atoms with Crippen LogP contribution in [0.5, 0.6) is 0 Å². The van der Waals surface area contributed by atoms with Crippen LogP contribution in [0.2, 0.25) is 0 Å². The summed E-state index contributed by atoms with van der Waals surface area (Å²) in [5, 5.41) is 19.1. The van der Waals surface area contributed by atoms with Crippen LogP contribution in [0.3, 0.4) is 0 Å². The summed E-state index contributed by atoms with van der Waals surface area (Å²) in [6.07, 6.45) is 5.11. The van der Waals surface area contributed by atoms with E-state index >= 15 is 0 Å². The van der Waals surface area contributed by atoms with Gasteiger partial charge in [0.2, 0.25) is 5.91 Å². The van der Waals surface area contributed by atoms with Gasteiger partial charge in [-0.05, 0) is 62.7 Å². The highest BCUT2D eigenvalue weighted by Crippen LogP contribution is 2.64. The van der Waals surface area contributed by atoms with Gasteiger partial charge in [-0.15, -0.1) is 0 Å². The molecule has 0 aliphatic heterocycles. The lowest BCUT2D eigenvalue weighted by Crippen LogP contribution is -2.60. The number of aliphatic hydroxyl groups excluding tert-OH is 1. The number of Topliss-reactive ketones (excluding diaryl/α,β-unsaturated/α-hetero) is 1. The molecule has 1 amide bonds. The molecule has 3 rings (SSSR count). The minimum absolute atomic E-state index is 0.0101. The first-order valence-corrected chi connectivity index (χ1v) is 13.1. The first kappa shape index (κ1) is 27.9. The summed E-state index contributed by atoms with van der Waals surface area (Å²) in [5.41, 5.74) is -0.481. The van der Waals surface area contributed by atoms with E-state index in [9.17, 15) is 19.5 Å². The van der Waals surface area contributed by atoms with Gasteiger partial charge in [-0.1, -0.05) is 33.3 Å². The number of fused-ring (bicyclic) bond motifs is 3. The van der Waals surface area contributed by atoms with E-state index in [1.165, 1.54) is 4.90 Å². The molecule has 7 nitrogen and oxygen atoms in total. The smallest absolute Gasteiger partial charge is 0.308 e. The van der Waals surface area contributed by atoms with Crippen molar-refractivity contribution < 1.29 is 29.3 Å². The van der Waals surface area contributed by atoms with Crippen molar-refractivity contribution in [2.45, 2.75) is 91.8 Å². The molecule has 198 valence electrons. The Morgan fingerprint density at radius 1 is 1.23 bits per heavy atom. The van der Waals surface area contributed by atoms with Crippen molar-refractivity contribution in [2.24, 2.45) is 34.5 Å². The zero-order valence-electron chi connectivity index (χ0n) is 22.6. The number of hydrogen-bond acceptors (Lipinski definition) is 6. The van der Waals surface area contributed by atoms with Crippen LogP contribution in [-0.4, -0.2) is 64.7 Å². The number of ether oxygens (including phenoxy) is 1. The van der Waals surface area contributed by atoms with Crippen LogP contribution in [0.25, 0.3) is 0 Å². The number of carbonyl (C=O) groups is 3. The van der Waals surface area contributed by atoms with Gasteiger partial charge in [0.25, 0.3) is 0 Å². The van der Waals surface area contributed by atoms with Gasteiger partial charge in [0, 0.05) is 37.4 Å². The van der Waals surface area contributed by atoms with Crippen molar-refractivity contribution in [1.82, 2.24) is 4.90 Å². The number of aliphatic hydroxyl groups is 2. The fourth-order valence-electron chi connectivity index (χ4n) is 7.39. The van der Waals surface area contributed by atoms with Crippen LogP contribution >= 0.6 is 0 Å². The fraction of sp³-hybridized carbons (Fsp3) is 0.821. The molecule has 0 aromatic heterocycles. The first-order chi connectivity index (χ1) is 16.1. The molecule has 3 aliphatic rings. The summed E-state index contributed by atoms with van der Waals surface area (Å²) >= 11 is 0. The predicted octanol–water partition coefficient (Wildman–Crippen LogP) is 3.51. The molecule has 7 heteroatoms. The molecule has 0 bridgehead atoms. The van der Waals surface area contributed by atoms with Crippen LogP contribution in [0.1, 0.15) is 80.1 Å². The molecule has 0 radical (unpaired) electrons. The van der Waals surface area contributed by atoms with E-state index in [1.54, 1.807) is 27.0 Å². The highest BCUT2D eigenvalue weighted by Gasteiger charge is 2.62. The van der Waals surface area contributed by atoms with Crippen LogP contribution in [0.15, 0.2) is 11.6 Å². The minimum atomic E-state index is -1.11. The van der Waals surface area contributed by atoms with E-state index in [0.717, 1.165) is 31.3 Å². The second-order valence-corrected chi connectivity index (χ2v) is 12.7. The summed E-state index contributed by atoms with van der Waals surface area (Å²) in [6.45, 7) is 12.1. The monoisotopic (exact) mass is 491 g/mol. The van der Waals surface area contributed by atoms with E-state index in [-0.39, 0.29) is 65.3 Å². The first-order valence-electron chi connectivity index (χ1n) is 13.1. The molecule has 6 atom stereocenters. The zero-order chi connectivity index (χ0) is 26.3. The summed E-state index contributed by atoms with van der Waals surface area (Å²) in [6, 6.07) is 0. The lowest BCUT2D eigenvalue weighted by Gasteiger charge is -2.62. The predicted molar refractivity (Wildman–Crippen MR) is 133 cm³/mol. The normalized spacial score (nSPS) is 35.7. The third-order valence-electron chi connectivity index (χ3n) is 9.37. The standard InChI is InChI=1S/C28H45NO6/c1-17-18(14-23(32)29(7)12-13-30)8-9-19-25(17)20(31)15-21-27(4,5)22(10-11-28(19,21)6)35-24(33)16-26(2,3)34/h14,17,19,21-22,25,30,34H,8-13,15-16H2,1-7H3/b18-14+/t17-,19-,21-,22-,25-,28+/m0/s1. The van der Waals surface area contributed by atoms with Gasteiger partial charge in [0.05, 0.1) is 18.6 Å². The lowest BCUT2D eigenvalue weighted by molar-refractivity contribution is -0.191. The summed E-state index contributed by atoms with van der Waals surface area (Å²) in [5.74, 6) is -0.0141. The Morgan fingerprint density at radius 2 is 1.89 bits per heavy atom. The molecule has 35 heavy (non-hydrogen) atoms. The van der Waals surface area contributed by atoms with Gasteiger partial charge in [0.1, 0.15) is 11.9 Å². The summed E-state index contributed by atoms with van der Waals surface area (Å²) in [4.78, 5) is 40.2. The maximum Gasteiger partial charge on any atom is 0.308 e. The van der Waals surface area contributed by atoms with Crippen LogP contribution in [0.4, 0.5) is 0 Å². The molecule has 0 unspecified atom stereocenters. The van der Waals surface area contributed by atoms with Gasteiger partial charge in [0.15, 0.2) is 0 Å². The third kappa shape index (κ3) is 5.51. The van der Waals surface area contributed by atoms with Crippen molar-refractivity contribution in [2.75, 3.05) is 20.2 Å². The number of amides is 1. The second-order valence-electron chi connectivity index (χ2n) is 12.7. The number of ketones is 1. The van der Waals surface area contributed by atoms with E-state index in [1.807, 2.05) is 0 Å². The average molecular weight is 492 g/mol. The number of esters is 1.